The molecule has 0 radical (unpaired) electrons. The van der Waals surface area contributed by atoms with E-state index >= 15 is 0 Å². The summed E-state index contributed by atoms with van der Waals surface area (Å²) >= 11 is 3.20. The second-order valence-corrected chi connectivity index (χ2v) is 3.13. The van der Waals surface area contributed by atoms with Crippen LogP contribution in [0.25, 0.3) is 5.70 Å². The van der Waals surface area contributed by atoms with Crippen molar-refractivity contribution in [2.75, 3.05) is 0 Å². The van der Waals surface area contributed by atoms with E-state index in [1.165, 1.54) is 6.33 Å². The Labute approximate surface area is 79.2 Å². The summed E-state index contributed by atoms with van der Waals surface area (Å²) in [5, 5.41) is 3.90. The highest BCUT2D eigenvalue weighted by Gasteiger charge is 1.91. The highest BCUT2D eigenvalue weighted by atomic mass is 79.9. The van der Waals surface area contributed by atoms with E-state index in [1.54, 1.807) is 23.2 Å². The van der Waals surface area contributed by atoms with E-state index in [0.717, 1.165) is 10.2 Å². The summed E-state index contributed by atoms with van der Waals surface area (Å²) in [6.07, 6.45) is 6.64. The van der Waals surface area contributed by atoms with E-state index in [0.29, 0.717) is 0 Å². The standard InChI is InChI=1S/C8H8BrN3/c1-7(9)3-4-8(2)12-6-10-5-11-12/h3-6H,1-2H2/b4-3-. The molecule has 0 spiro atoms. The fourth-order valence-corrected chi connectivity index (χ4v) is 0.752. The zero-order valence-electron chi connectivity index (χ0n) is 6.44. The lowest BCUT2D eigenvalue weighted by Gasteiger charge is -1.96. The van der Waals surface area contributed by atoms with Gasteiger partial charge in [0, 0.05) is 4.48 Å². The van der Waals surface area contributed by atoms with Crippen molar-refractivity contribution in [3.05, 3.63) is 42.4 Å². The van der Waals surface area contributed by atoms with Crippen LogP contribution in [-0.2, 0) is 0 Å². The van der Waals surface area contributed by atoms with E-state index in [2.05, 4.69) is 39.2 Å². The molecular formula is C8H8BrN3. The van der Waals surface area contributed by atoms with E-state index in [1.807, 2.05) is 0 Å². The molecule has 62 valence electrons. The molecule has 1 heterocycles. The summed E-state index contributed by atoms with van der Waals surface area (Å²) in [5.74, 6) is 0. The van der Waals surface area contributed by atoms with Crippen molar-refractivity contribution >= 4 is 21.6 Å². The molecule has 0 aliphatic heterocycles. The minimum atomic E-state index is 0.744. The second kappa shape index (κ2) is 4.01. The van der Waals surface area contributed by atoms with Gasteiger partial charge in [0.2, 0.25) is 0 Å². The molecule has 0 bridgehead atoms. The smallest absolute Gasteiger partial charge is 0.138 e. The van der Waals surface area contributed by atoms with Crippen molar-refractivity contribution in [1.29, 1.82) is 0 Å². The topological polar surface area (TPSA) is 30.7 Å². The number of nitrogens with zero attached hydrogens (tertiary/aromatic N) is 3. The molecule has 0 aromatic carbocycles. The molecule has 0 saturated heterocycles. The van der Waals surface area contributed by atoms with Crippen LogP contribution in [0, 0.1) is 0 Å². The molecule has 1 rings (SSSR count). The molecule has 0 aliphatic carbocycles. The maximum atomic E-state index is 3.90. The Balaban J connectivity index is 2.68. The van der Waals surface area contributed by atoms with E-state index in [9.17, 15) is 0 Å². The Morgan fingerprint density at radius 3 is 2.67 bits per heavy atom. The van der Waals surface area contributed by atoms with Gasteiger partial charge >= 0.3 is 0 Å². The Hall–Kier alpha value is -1.16. The van der Waals surface area contributed by atoms with Crippen molar-refractivity contribution in [2.24, 2.45) is 0 Å². The highest BCUT2D eigenvalue weighted by molar-refractivity contribution is 9.11. The van der Waals surface area contributed by atoms with Crippen LogP contribution in [0.1, 0.15) is 0 Å². The average molecular weight is 226 g/mol. The third kappa shape index (κ3) is 2.47. The Bertz CT molecular complexity index is 311. The largest absolute Gasteiger partial charge is 0.223 e. The maximum Gasteiger partial charge on any atom is 0.138 e. The summed E-state index contributed by atoms with van der Waals surface area (Å²) in [5.41, 5.74) is 0.744. The van der Waals surface area contributed by atoms with Gasteiger partial charge in [-0.15, -0.1) is 0 Å². The van der Waals surface area contributed by atoms with Gasteiger partial charge in [-0.3, -0.25) is 0 Å². The van der Waals surface area contributed by atoms with Crippen LogP contribution in [0.5, 0.6) is 0 Å². The summed E-state index contributed by atoms with van der Waals surface area (Å²) in [6, 6.07) is 0. The molecule has 0 aliphatic rings. The zero-order chi connectivity index (χ0) is 8.97. The maximum absolute atomic E-state index is 3.90. The number of allylic oxidation sites excluding steroid dienone is 4. The predicted octanol–water partition coefficient (Wildman–Crippen LogP) is 2.21. The summed E-state index contributed by atoms with van der Waals surface area (Å²) in [7, 11) is 0. The monoisotopic (exact) mass is 225 g/mol. The lowest BCUT2D eigenvalue weighted by Crippen LogP contribution is -1.92. The fraction of sp³-hybridized carbons (Fsp3) is 0. The third-order valence-electron chi connectivity index (χ3n) is 1.17. The van der Waals surface area contributed by atoms with Gasteiger partial charge in [0.15, 0.2) is 0 Å². The normalized spacial score (nSPS) is 10.4. The van der Waals surface area contributed by atoms with Crippen molar-refractivity contribution in [2.45, 2.75) is 0 Å². The molecule has 0 N–H and O–H groups in total. The van der Waals surface area contributed by atoms with Crippen LogP contribution in [0.15, 0.2) is 42.4 Å². The molecule has 0 unspecified atom stereocenters. The molecule has 3 nitrogen and oxygen atoms in total. The van der Waals surface area contributed by atoms with E-state index in [-0.39, 0.29) is 0 Å². The first-order valence-corrected chi connectivity index (χ1v) is 4.06. The Morgan fingerprint density at radius 2 is 2.17 bits per heavy atom. The van der Waals surface area contributed by atoms with Gasteiger partial charge in [-0.05, 0) is 12.2 Å². The van der Waals surface area contributed by atoms with Gasteiger partial charge < -0.3 is 0 Å². The number of rotatable bonds is 3. The molecule has 4 heteroatoms. The minimum absolute atomic E-state index is 0.744. The third-order valence-corrected chi connectivity index (χ3v) is 1.43. The Morgan fingerprint density at radius 1 is 1.42 bits per heavy atom. The molecular weight excluding hydrogens is 218 g/mol. The molecule has 0 saturated carbocycles. The zero-order valence-corrected chi connectivity index (χ0v) is 8.03. The van der Waals surface area contributed by atoms with Gasteiger partial charge in [-0.25, -0.2) is 9.67 Å². The summed E-state index contributed by atoms with van der Waals surface area (Å²) in [6.45, 7) is 7.43. The first-order chi connectivity index (χ1) is 5.70. The number of hydrogen-bond acceptors (Lipinski definition) is 2. The molecule has 0 atom stereocenters. The van der Waals surface area contributed by atoms with Gasteiger partial charge in [0.05, 0.1) is 5.70 Å². The lowest BCUT2D eigenvalue weighted by molar-refractivity contribution is 0.911. The molecule has 1 aromatic heterocycles. The molecule has 12 heavy (non-hydrogen) atoms. The van der Waals surface area contributed by atoms with Crippen LogP contribution >= 0.6 is 15.9 Å². The Kier molecular flexibility index (Phi) is 2.99. The van der Waals surface area contributed by atoms with E-state index < -0.39 is 0 Å². The quantitative estimate of drug-likeness (QED) is 0.739. The number of halogens is 1. The van der Waals surface area contributed by atoms with Gasteiger partial charge in [0.1, 0.15) is 12.7 Å². The highest BCUT2D eigenvalue weighted by Crippen LogP contribution is 2.06. The summed E-state index contributed by atoms with van der Waals surface area (Å²) < 4.78 is 2.37. The van der Waals surface area contributed by atoms with Gasteiger partial charge in [-0.1, -0.05) is 29.1 Å². The number of aromatic nitrogens is 3. The van der Waals surface area contributed by atoms with Crippen LogP contribution in [0.2, 0.25) is 0 Å². The molecule has 0 amide bonds. The lowest BCUT2D eigenvalue weighted by atomic mass is 10.4. The van der Waals surface area contributed by atoms with Gasteiger partial charge in [0.25, 0.3) is 0 Å². The van der Waals surface area contributed by atoms with Crippen molar-refractivity contribution in [3.8, 4) is 0 Å². The van der Waals surface area contributed by atoms with Crippen molar-refractivity contribution < 1.29 is 0 Å². The first-order valence-electron chi connectivity index (χ1n) is 3.26. The van der Waals surface area contributed by atoms with Crippen molar-refractivity contribution in [3.63, 3.8) is 0 Å². The van der Waals surface area contributed by atoms with Crippen LogP contribution < -0.4 is 0 Å². The van der Waals surface area contributed by atoms with Crippen LogP contribution in [-0.4, -0.2) is 14.8 Å². The van der Waals surface area contributed by atoms with Crippen LogP contribution in [0.3, 0.4) is 0 Å². The first kappa shape index (κ1) is 8.93. The van der Waals surface area contributed by atoms with Crippen LogP contribution in [0.4, 0.5) is 0 Å². The van der Waals surface area contributed by atoms with E-state index in [4.69, 9.17) is 0 Å². The fourth-order valence-electron chi connectivity index (χ4n) is 0.620. The minimum Gasteiger partial charge on any atom is -0.223 e. The molecule has 0 fully saturated rings. The van der Waals surface area contributed by atoms with Gasteiger partial charge in [-0.2, -0.15) is 5.10 Å². The number of hydrogen-bond donors (Lipinski definition) is 0. The molecule has 1 aromatic rings. The van der Waals surface area contributed by atoms with Crippen molar-refractivity contribution in [1.82, 2.24) is 14.8 Å². The SMILES string of the molecule is C=C(Br)/C=C\C(=C)n1cncn1. The second-order valence-electron chi connectivity index (χ2n) is 2.11. The predicted molar refractivity (Wildman–Crippen MR) is 52.6 cm³/mol. The average Bonchev–Trinajstić information content (AvgIpc) is 2.51. The summed E-state index contributed by atoms with van der Waals surface area (Å²) in [4.78, 5) is 3.79.